The first-order valence-corrected chi connectivity index (χ1v) is 10.4. The lowest BCUT2D eigenvalue weighted by Gasteiger charge is -2.18. The number of alkyl halides is 3. The predicted octanol–water partition coefficient (Wildman–Crippen LogP) is 7.89. The number of benzene rings is 3. The fraction of sp³-hybridized carbons (Fsp3) is 0.240. The fourth-order valence-electron chi connectivity index (χ4n) is 3.52. The molecule has 10 heteroatoms. The minimum absolute atomic E-state index is 0.376. The molecule has 0 aromatic heterocycles. The van der Waals surface area contributed by atoms with E-state index in [-0.39, 0.29) is 0 Å². The lowest BCUT2D eigenvalue weighted by atomic mass is 9.95. The molecule has 2 nitrogen and oxygen atoms in total. The molecule has 1 atom stereocenters. The Kier molecular flexibility index (Phi) is 7.52. The second-order valence-electron chi connectivity index (χ2n) is 7.83. The van der Waals surface area contributed by atoms with Crippen molar-refractivity contribution in [3.05, 3.63) is 88.2 Å². The van der Waals surface area contributed by atoms with Gasteiger partial charge < -0.3 is 4.74 Å². The van der Waals surface area contributed by atoms with E-state index in [1.54, 1.807) is 0 Å². The SMILES string of the molecule is CCCc1ccc(C(=O)Oc2cc(F)c(-c3cc(F)c(C(C)C(F)(F)F)c(F)c3)c(F)c2)c(F)c1. The predicted molar refractivity (Wildman–Crippen MR) is 112 cm³/mol. The standard InChI is InChI=1S/C25H18F8O2/c1-3-4-13-5-6-16(17(26)7-13)24(34)35-15-10-20(29)23(21(30)11-15)14-8-18(27)22(19(28)9-14)12(2)25(31,32)33/h5-12H,3-4H2,1-2H3. The highest BCUT2D eigenvalue weighted by molar-refractivity contribution is 5.91. The highest BCUT2D eigenvalue weighted by atomic mass is 19.4. The molecule has 0 radical (unpaired) electrons. The lowest BCUT2D eigenvalue weighted by molar-refractivity contribution is -0.147. The van der Waals surface area contributed by atoms with Crippen LogP contribution in [0.4, 0.5) is 35.1 Å². The summed E-state index contributed by atoms with van der Waals surface area (Å²) in [7, 11) is 0. The van der Waals surface area contributed by atoms with Gasteiger partial charge in [-0.25, -0.2) is 26.7 Å². The van der Waals surface area contributed by atoms with Crippen LogP contribution >= 0.6 is 0 Å². The summed E-state index contributed by atoms with van der Waals surface area (Å²) in [6, 6.07) is 5.61. The van der Waals surface area contributed by atoms with Crippen molar-refractivity contribution in [2.75, 3.05) is 0 Å². The van der Waals surface area contributed by atoms with E-state index in [0.717, 1.165) is 12.5 Å². The summed E-state index contributed by atoms with van der Waals surface area (Å²) >= 11 is 0. The number of ether oxygens (including phenoxy) is 1. The Morgan fingerprint density at radius 1 is 0.857 bits per heavy atom. The Morgan fingerprint density at radius 2 is 1.43 bits per heavy atom. The van der Waals surface area contributed by atoms with Crippen LogP contribution in [0.3, 0.4) is 0 Å². The summed E-state index contributed by atoms with van der Waals surface area (Å²) in [4.78, 5) is 12.3. The van der Waals surface area contributed by atoms with E-state index in [2.05, 4.69) is 0 Å². The van der Waals surface area contributed by atoms with Gasteiger partial charge in [-0.2, -0.15) is 13.2 Å². The Labute approximate surface area is 195 Å². The monoisotopic (exact) mass is 502 g/mol. The number of hydrogen-bond acceptors (Lipinski definition) is 2. The number of esters is 1. The van der Waals surface area contributed by atoms with Crippen LogP contribution < -0.4 is 4.74 Å². The maximum atomic E-state index is 14.6. The summed E-state index contributed by atoms with van der Waals surface area (Å²) in [5.41, 5.74) is -2.79. The van der Waals surface area contributed by atoms with Crippen LogP contribution in [0.25, 0.3) is 11.1 Å². The van der Waals surface area contributed by atoms with Gasteiger partial charge in [-0.05, 0) is 48.7 Å². The van der Waals surface area contributed by atoms with Crippen molar-refractivity contribution < 1.29 is 44.7 Å². The van der Waals surface area contributed by atoms with E-state index in [4.69, 9.17) is 4.74 Å². The quantitative estimate of drug-likeness (QED) is 0.195. The van der Waals surface area contributed by atoms with Crippen LogP contribution in [0, 0.1) is 29.1 Å². The molecule has 0 fully saturated rings. The highest BCUT2D eigenvalue weighted by Crippen LogP contribution is 2.39. The second-order valence-corrected chi connectivity index (χ2v) is 7.83. The smallest absolute Gasteiger partial charge is 0.395 e. The van der Waals surface area contributed by atoms with E-state index in [9.17, 15) is 39.9 Å². The Hall–Kier alpha value is -3.43. The van der Waals surface area contributed by atoms with Gasteiger partial charge in [0.2, 0.25) is 0 Å². The largest absolute Gasteiger partial charge is 0.423 e. The minimum atomic E-state index is -4.94. The molecule has 3 rings (SSSR count). The van der Waals surface area contributed by atoms with Gasteiger partial charge in [0.05, 0.1) is 17.0 Å². The van der Waals surface area contributed by atoms with E-state index < -0.39 is 75.2 Å². The van der Waals surface area contributed by atoms with Crippen LogP contribution in [-0.2, 0) is 6.42 Å². The fourth-order valence-corrected chi connectivity index (χ4v) is 3.52. The Bertz CT molecular complexity index is 1220. The topological polar surface area (TPSA) is 26.3 Å². The minimum Gasteiger partial charge on any atom is -0.423 e. The highest BCUT2D eigenvalue weighted by Gasteiger charge is 2.40. The van der Waals surface area contributed by atoms with Crippen LogP contribution in [0.5, 0.6) is 5.75 Å². The number of hydrogen-bond donors (Lipinski definition) is 0. The summed E-state index contributed by atoms with van der Waals surface area (Å²) in [5, 5.41) is 0. The lowest BCUT2D eigenvalue weighted by Crippen LogP contribution is -2.20. The van der Waals surface area contributed by atoms with Gasteiger partial charge >= 0.3 is 12.1 Å². The van der Waals surface area contributed by atoms with Crippen LogP contribution in [0.2, 0.25) is 0 Å². The zero-order chi connectivity index (χ0) is 26.1. The average Bonchev–Trinajstić information content (AvgIpc) is 2.72. The number of carbonyl (C=O) groups excluding carboxylic acids is 1. The van der Waals surface area contributed by atoms with Crippen molar-refractivity contribution in [1.82, 2.24) is 0 Å². The second kappa shape index (κ2) is 10.1. The molecule has 0 aliphatic carbocycles. The molecule has 0 spiro atoms. The molecule has 35 heavy (non-hydrogen) atoms. The van der Waals surface area contributed by atoms with E-state index in [0.29, 0.717) is 43.2 Å². The van der Waals surface area contributed by atoms with E-state index in [1.165, 1.54) is 12.1 Å². The molecule has 3 aromatic rings. The van der Waals surface area contributed by atoms with Crippen molar-refractivity contribution in [3.8, 4) is 16.9 Å². The summed E-state index contributed by atoms with van der Waals surface area (Å²) in [6.45, 7) is 2.43. The first-order chi connectivity index (χ1) is 16.3. The average molecular weight is 502 g/mol. The van der Waals surface area contributed by atoms with Crippen molar-refractivity contribution in [1.29, 1.82) is 0 Å². The molecule has 0 saturated heterocycles. The van der Waals surface area contributed by atoms with Gasteiger partial charge in [-0.3, -0.25) is 0 Å². The van der Waals surface area contributed by atoms with Crippen LogP contribution in [-0.4, -0.2) is 12.1 Å². The molecular formula is C25H18F8O2. The van der Waals surface area contributed by atoms with Crippen molar-refractivity contribution in [2.45, 2.75) is 38.8 Å². The molecule has 1 unspecified atom stereocenters. The summed E-state index contributed by atoms with van der Waals surface area (Å²) in [5.74, 6) is -11.4. The van der Waals surface area contributed by atoms with Gasteiger partial charge in [-0.15, -0.1) is 0 Å². The Morgan fingerprint density at radius 3 is 1.91 bits per heavy atom. The molecule has 0 saturated carbocycles. The number of rotatable bonds is 6. The molecule has 0 aliphatic rings. The Balaban J connectivity index is 1.92. The number of carbonyl (C=O) groups is 1. The maximum absolute atomic E-state index is 14.6. The van der Waals surface area contributed by atoms with Crippen molar-refractivity contribution >= 4 is 5.97 Å². The third kappa shape index (κ3) is 5.63. The number of halogens is 8. The molecule has 0 heterocycles. The first-order valence-electron chi connectivity index (χ1n) is 10.4. The third-order valence-corrected chi connectivity index (χ3v) is 5.31. The summed E-state index contributed by atoms with van der Waals surface area (Å²) in [6.07, 6.45) is -3.63. The van der Waals surface area contributed by atoms with Gasteiger partial charge in [0.1, 0.15) is 34.8 Å². The maximum Gasteiger partial charge on any atom is 0.395 e. The molecule has 0 aliphatic heterocycles. The zero-order valence-corrected chi connectivity index (χ0v) is 18.4. The summed E-state index contributed by atoms with van der Waals surface area (Å²) < 4.78 is 116. The van der Waals surface area contributed by atoms with Crippen LogP contribution in [0.1, 0.15) is 47.7 Å². The van der Waals surface area contributed by atoms with Crippen molar-refractivity contribution in [3.63, 3.8) is 0 Å². The molecule has 0 amide bonds. The third-order valence-electron chi connectivity index (χ3n) is 5.31. The van der Waals surface area contributed by atoms with Crippen molar-refractivity contribution in [2.24, 2.45) is 0 Å². The molecule has 0 bridgehead atoms. The molecular weight excluding hydrogens is 484 g/mol. The first kappa shape index (κ1) is 26.2. The normalized spacial score (nSPS) is 12.5. The van der Waals surface area contributed by atoms with E-state index in [1.807, 2.05) is 6.92 Å². The van der Waals surface area contributed by atoms with Gasteiger partial charge in [0, 0.05) is 17.7 Å². The van der Waals surface area contributed by atoms with Gasteiger partial charge in [0.25, 0.3) is 0 Å². The molecule has 0 N–H and O–H groups in total. The van der Waals surface area contributed by atoms with E-state index >= 15 is 0 Å². The number of aryl methyl sites for hydroxylation is 1. The molecule has 3 aromatic carbocycles. The molecule has 186 valence electrons. The van der Waals surface area contributed by atoms with Gasteiger partial charge in [-0.1, -0.05) is 19.4 Å². The van der Waals surface area contributed by atoms with Crippen LogP contribution in [0.15, 0.2) is 42.5 Å². The van der Waals surface area contributed by atoms with Gasteiger partial charge in [0.15, 0.2) is 0 Å². The zero-order valence-electron chi connectivity index (χ0n) is 18.4.